The monoisotopic (exact) mass is 486 g/mol. The van der Waals surface area contributed by atoms with Crippen LogP contribution < -0.4 is 15.2 Å². The molecule has 2 heterocycles. The Morgan fingerprint density at radius 1 is 1.41 bits per heavy atom. The molecule has 13 heteroatoms. The molecule has 1 aliphatic heterocycles. The van der Waals surface area contributed by atoms with E-state index in [1.165, 1.54) is 6.07 Å². The zero-order chi connectivity index (χ0) is 26.6. The van der Waals surface area contributed by atoms with Crippen LogP contribution in [0, 0.1) is 4.91 Å². The number of thiophene rings is 1. The van der Waals surface area contributed by atoms with Crippen molar-refractivity contribution in [3.63, 3.8) is 0 Å². The zero-order valence-corrected chi connectivity index (χ0v) is 17.9. The third-order valence-corrected chi connectivity index (χ3v) is 5.29. The number of ether oxygens (including phenoxy) is 2. The van der Waals surface area contributed by atoms with E-state index in [4.69, 9.17) is 31.7 Å². The van der Waals surface area contributed by atoms with Gasteiger partial charge in [-0.1, -0.05) is 11.6 Å². The van der Waals surface area contributed by atoms with Crippen LogP contribution in [0.5, 0.6) is 0 Å². The van der Waals surface area contributed by atoms with Crippen LogP contribution in [0.1, 0.15) is 15.2 Å². The van der Waals surface area contributed by atoms with Crippen molar-refractivity contribution in [1.82, 2.24) is 5.32 Å². The van der Waals surface area contributed by atoms with E-state index in [1.807, 2.05) is 0 Å². The van der Waals surface area contributed by atoms with Gasteiger partial charge in [0.15, 0.2) is 0 Å². The maximum Gasteiger partial charge on any atom is 0.414 e. The van der Waals surface area contributed by atoms with Crippen LogP contribution in [0.3, 0.4) is 0 Å². The van der Waals surface area contributed by atoms with Gasteiger partial charge in [-0.25, -0.2) is 14.6 Å². The number of nitroso groups, excluding NO2 is 1. The first-order valence-electron chi connectivity index (χ1n) is 11.1. The van der Waals surface area contributed by atoms with Gasteiger partial charge in [0, 0.05) is 5.69 Å². The van der Waals surface area contributed by atoms with Gasteiger partial charge in [-0.3, -0.25) is 9.69 Å². The first kappa shape index (κ1) is 18.4. The number of cyclic esters (lactones) is 1. The lowest BCUT2D eigenvalue weighted by Gasteiger charge is -2.17. The Morgan fingerprint density at radius 3 is 2.78 bits per heavy atom. The Balaban J connectivity index is 1.76. The van der Waals surface area contributed by atoms with E-state index in [0.29, 0.717) is 14.2 Å². The van der Waals surface area contributed by atoms with Crippen LogP contribution in [0.25, 0.3) is 0 Å². The molecule has 2 aromatic rings. The molecule has 170 valence electrons. The van der Waals surface area contributed by atoms with E-state index in [2.05, 4.69) is 10.6 Å². The number of hydrogen-bond acceptors (Lipinski definition) is 8. The summed E-state index contributed by atoms with van der Waals surface area (Å²) in [6, 6.07) is 0.555. The normalized spacial score (nSPS) is 17.1. The van der Waals surface area contributed by atoms with Gasteiger partial charge < -0.3 is 19.9 Å². The second-order valence-electron chi connectivity index (χ2n) is 6.28. The summed E-state index contributed by atoms with van der Waals surface area (Å²) in [5.41, 5.74) is -0.834. The SMILES string of the molecule is [2H]c1c([2H])c(N2C[C@H](CNC(=O)c3ccc(Cl)s3)OC2=O)c([2H])c([2H])c1N(CCOCC(=O)O)N=O. The molecule has 3 rings (SSSR count). The van der Waals surface area contributed by atoms with E-state index >= 15 is 0 Å². The molecule has 2 amide bonds. The summed E-state index contributed by atoms with van der Waals surface area (Å²) in [4.78, 5) is 47.8. The third-order valence-electron chi connectivity index (χ3n) is 4.06. The smallest absolute Gasteiger partial charge is 0.414 e. The molecular weight excluding hydrogens is 464 g/mol. The fourth-order valence-electron chi connectivity index (χ4n) is 2.61. The second-order valence-corrected chi connectivity index (χ2v) is 7.99. The fourth-order valence-corrected chi connectivity index (χ4v) is 3.57. The number of carbonyl (C=O) groups is 3. The van der Waals surface area contributed by atoms with Gasteiger partial charge in [0.25, 0.3) is 5.91 Å². The minimum absolute atomic E-state index is 0.0734. The molecule has 32 heavy (non-hydrogen) atoms. The number of aliphatic carboxylic acids is 1. The number of carboxylic acids is 1. The lowest BCUT2D eigenvalue weighted by Crippen LogP contribution is -2.34. The number of anilines is 2. The van der Waals surface area contributed by atoms with Crippen molar-refractivity contribution in [1.29, 1.82) is 0 Å². The summed E-state index contributed by atoms with van der Waals surface area (Å²) in [5, 5.41) is 14.5. The van der Waals surface area contributed by atoms with E-state index in [1.54, 1.807) is 6.07 Å². The van der Waals surface area contributed by atoms with Crippen LogP contribution in [0.15, 0.2) is 41.6 Å². The molecule has 1 aromatic heterocycles. The van der Waals surface area contributed by atoms with E-state index in [0.717, 1.165) is 16.2 Å². The highest BCUT2D eigenvalue weighted by Gasteiger charge is 2.32. The van der Waals surface area contributed by atoms with Crippen LogP contribution in [-0.2, 0) is 14.3 Å². The van der Waals surface area contributed by atoms with Gasteiger partial charge in [0.1, 0.15) is 12.7 Å². The predicted octanol–water partition coefficient (Wildman–Crippen LogP) is 2.75. The molecule has 2 N–H and O–H groups in total. The molecule has 0 radical (unpaired) electrons. The number of carboxylic acid groups (broad SMARTS) is 1. The number of amides is 2. The first-order valence-corrected chi connectivity index (χ1v) is 10.3. The standard InChI is InChI=1S/C19H19ClN4O7S/c20-16-6-5-15(32-16)18(27)21-9-14-10-23(19(28)31-14)12-1-3-13(4-2-12)24(22-29)7-8-30-11-17(25)26/h1-6,14H,7-11H2,(H,21,27)(H,25,26)/t14-/m0/s1/i1D,2D,3D,4D. The van der Waals surface area contributed by atoms with Crippen molar-refractivity contribution in [2.75, 3.05) is 42.8 Å². The average molecular weight is 487 g/mol. The molecule has 1 aliphatic rings. The molecule has 0 aliphatic carbocycles. The summed E-state index contributed by atoms with van der Waals surface area (Å²) >= 11 is 6.89. The highest BCUT2D eigenvalue weighted by molar-refractivity contribution is 7.18. The molecule has 1 atom stereocenters. The molecule has 0 saturated carbocycles. The second kappa shape index (κ2) is 10.9. The van der Waals surface area contributed by atoms with Crippen molar-refractivity contribution >= 4 is 52.3 Å². The number of nitrogens with zero attached hydrogens (tertiary/aromatic N) is 3. The van der Waals surface area contributed by atoms with Crippen LogP contribution in [-0.4, -0.2) is 62.0 Å². The van der Waals surface area contributed by atoms with Crippen molar-refractivity contribution in [2.24, 2.45) is 5.29 Å². The summed E-state index contributed by atoms with van der Waals surface area (Å²) in [6.45, 7) is -1.51. The number of hydrogen-bond donors (Lipinski definition) is 2. The highest BCUT2D eigenvalue weighted by Crippen LogP contribution is 2.25. The Labute approximate surface area is 197 Å². The number of halogens is 1. The van der Waals surface area contributed by atoms with Crippen LogP contribution >= 0.6 is 22.9 Å². The van der Waals surface area contributed by atoms with Crippen LogP contribution in [0.2, 0.25) is 4.34 Å². The Hall–Kier alpha value is -3.22. The van der Waals surface area contributed by atoms with Crippen molar-refractivity contribution in [2.45, 2.75) is 6.10 Å². The van der Waals surface area contributed by atoms with Crippen molar-refractivity contribution in [3.05, 3.63) is 50.4 Å². The number of carbonyl (C=O) groups excluding carboxylic acids is 2. The van der Waals surface area contributed by atoms with E-state index in [9.17, 15) is 19.3 Å². The average Bonchev–Trinajstić information content (AvgIpc) is 3.43. The summed E-state index contributed by atoms with van der Waals surface area (Å²) in [5.74, 6) is -1.66. The van der Waals surface area contributed by atoms with Crippen molar-refractivity contribution in [3.8, 4) is 0 Å². The molecule has 1 saturated heterocycles. The molecule has 1 aromatic carbocycles. The Bertz CT molecular complexity index is 1170. The zero-order valence-electron chi connectivity index (χ0n) is 20.3. The van der Waals surface area contributed by atoms with Gasteiger partial charge in [-0.05, 0) is 36.3 Å². The van der Waals surface area contributed by atoms with Gasteiger partial charge in [-0.2, -0.15) is 0 Å². The molecule has 11 nitrogen and oxygen atoms in total. The number of nitrogens with one attached hydrogen (secondary N) is 1. The van der Waals surface area contributed by atoms with Crippen molar-refractivity contribution < 1.29 is 34.4 Å². The van der Waals surface area contributed by atoms with Gasteiger partial charge in [-0.15, -0.1) is 16.2 Å². The maximum absolute atomic E-state index is 12.5. The van der Waals surface area contributed by atoms with Gasteiger partial charge >= 0.3 is 12.1 Å². The van der Waals surface area contributed by atoms with Gasteiger partial charge in [0.2, 0.25) is 0 Å². The third kappa shape index (κ3) is 6.15. The fraction of sp³-hybridized carbons (Fsp3) is 0.316. The minimum Gasteiger partial charge on any atom is -0.480 e. The van der Waals surface area contributed by atoms with Crippen LogP contribution in [0.4, 0.5) is 16.2 Å². The number of rotatable bonds is 11. The summed E-state index contributed by atoms with van der Waals surface area (Å²) in [6.07, 6.45) is -1.77. The molecule has 0 bridgehead atoms. The lowest BCUT2D eigenvalue weighted by atomic mass is 10.2. The highest BCUT2D eigenvalue weighted by atomic mass is 35.5. The lowest BCUT2D eigenvalue weighted by molar-refractivity contribution is -0.142. The maximum atomic E-state index is 12.5. The first-order chi connectivity index (χ1) is 17.0. The topological polar surface area (TPSA) is 138 Å². The minimum atomic E-state index is -1.24. The van der Waals surface area contributed by atoms with Gasteiger partial charge in [0.05, 0.1) is 51.9 Å². The van der Waals surface area contributed by atoms with E-state index < -0.39 is 60.5 Å². The largest absolute Gasteiger partial charge is 0.480 e. The molecule has 0 unspecified atom stereocenters. The van der Waals surface area contributed by atoms with E-state index in [-0.39, 0.29) is 31.9 Å². The molecule has 0 spiro atoms. The predicted molar refractivity (Wildman–Crippen MR) is 117 cm³/mol. The molecular formula is C19H19ClN4O7S. The Morgan fingerprint density at radius 2 is 2.16 bits per heavy atom. The Kier molecular flexibility index (Phi) is 6.25. The quantitative estimate of drug-likeness (QED) is 0.281. The summed E-state index contributed by atoms with van der Waals surface area (Å²) < 4.78 is 43.6. The summed E-state index contributed by atoms with van der Waals surface area (Å²) in [7, 11) is 0. The number of benzene rings is 1. The molecule has 1 fully saturated rings.